The maximum absolute atomic E-state index is 13.0. The number of carbonyl (C=O) groups excluding carboxylic acids is 2. The fourth-order valence-electron chi connectivity index (χ4n) is 4.03. The topological polar surface area (TPSA) is 105 Å². The van der Waals surface area contributed by atoms with E-state index in [0.29, 0.717) is 24.5 Å². The lowest BCUT2D eigenvalue weighted by Gasteiger charge is -2.38. The molecule has 0 unspecified atom stereocenters. The van der Waals surface area contributed by atoms with Gasteiger partial charge in [0, 0.05) is 24.2 Å². The van der Waals surface area contributed by atoms with Crippen molar-refractivity contribution in [2.24, 2.45) is 0 Å². The van der Waals surface area contributed by atoms with E-state index in [1.54, 1.807) is 11.0 Å². The maximum Gasteiger partial charge on any atom is 0.294 e. The van der Waals surface area contributed by atoms with Gasteiger partial charge in [-0.15, -0.1) is 0 Å². The van der Waals surface area contributed by atoms with Gasteiger partial charge in [0.1, 0.15) is 11.4 Å². The molecular weight excluding hydrogens is 436 g/mol. The van der Waals surface area contributed by atoms with E-state index in [9.17, 15) is 19.7 Å². The van der Waals surface area contributed by atoms with Crippen LogP contribution in [0.25, 0.3) is 0 Å². The lowest BCUT2D eigenvalue weighted by Crippen LogP contribution is -2.52. The number of halogens is 1. The molecule has 2 amide bonds. The molecule has 2 aliphatic heterocycles. The van der Waals surface area contributed by atoms with Crippen molar-refractivity contribution in [1.82, 2.24) is 4.90 Å². The second-order valence-corrected chi connectivity index (χ2v) is 8.24. The highest BCUT2D eigenvalue weighted by Crippen LogP contribution is 2.34. The molecule has 2 heterocycles. The summed E-state index contributed by atoms with van der Waals surface area (Å²) in [5.41, 5.74) is 0.467. The number of likely N-dealkylation sites (tertiary alicyclic amines) is 1. The van der Waals surface area contributed by atoms with Crippen LogP contribution >= 0.6 is 11.6 Å². The van der Waals surface area contributed by atoms with Crippen LogP contribution < -0.4 is 15.0 Å². The van der Waals surface area contributed by atoms with Crippen LogP contribution in [0, 0.1) is 10.1 Å². The summed E-state index contributed by atoms with van der Waals surface area (Å²) in [6.07, 6.45) is 2.34. The number of carbonyl (C=O) groups is 2. The molecule has 10 heteroatoms. The zero-order chi connectivity index (χ0) is 22.7. The molecule has 0 aromatic heterocycles. The van der Waals surface area contributed by atoms with Crippen LogP contribution in [0.15, 0.2) is 42.5 Å². The summed E-state index contributed by atoms with van der Waals surface area (Å²) in [5.74, 6) is -0.00590. The fraction of sp³-hybridized carbons (Fsp3) is 0.364. The number of piperidine rings is 1. The number of rotatable bonds is 5. The van der Waals surface area contributed by atoms with E-state index in [0.717, 1.165) is 19.3 Å². The number of nitro benzene ring substituents is 1. The molecule has 1 atom stereocenters. The molecule has 32 heavy (non-hydrogen) atoms. The van der Waals surface area contributed by atoms with Gasteiger partial charge in [0.15, 0.2) is 6.10 Å². The number of nitrogens with zero attached hydrogens (tertiary/aromatic N) is 3. The Labute approximate surface area is 190 Å². The molecule has 0 aliphatic carbocycles. The Bertz CT molecular complexity index is 1040. The van der Waals surface area contributed by atoms with Gasteiger partial charge in [0.2, 0.25) is 5.91 Å². The van der Waals surface area contributed by atoms with Gasteiger partial charge in [-0.3, -0.25) is 19.7 Å². The third-order valence-corrected chi connectivity index (χ3v) is 5.80. The molecule has 0 spiro atoms. The van der Waals surface area contributed by atoms with Crippen molar-refractivity contribution in [1.29, 1.82) is 0 Å². The standard InChI is InChI=1S/C22H23ClN4O5/c23-15-8-9-16(18(12-15)27(30)31)24-21(28)14-26-13-20(22(29)25-10-4-1-5-11-25)32-19-7-3-2-6-17(19)26/h2-3,6-9,12,20H,1,4-5,10-11,13-14H2,(H,24,28)/t20-/m1/s1. The lowest BCUT2D eigenvalue weighted by atomic mass is 10.1. The molecule has 168 valence electrons. The van der Waals surface area contributed by atoms with Gasteiger partial charge < -0.3 is 19.9 Å². The summed E-state index contributed by atoms with van der Waals surface area (Å²) >= 11 is 5.84. The summed E-state index contributed by atoms with van der Waals surface area (Å²) in [6.45, 7) is 1.54. The zero-order valence-corrected chi connectivity index (χ0v) is 18.1. The second kappa shape index (κ2) is 9.44. The number of nitro groups is 1. The predicted molar refractivity (Wildman–Crippen MR) is 120 cm³/mol. The molecule has 4 rings (SSSR count). The van der Waals surface area contributed by atoms with Crippen molar-refractivity contribution in [2.75, 3.05) is 36.4 Å². The lowest BCUT2D eigenvalue weighted by molar-refractivity contribution is -0.383. The predicted octanol–water partition coefficient (Wildman–Crippen LogP) is 3.47. The number of anilines is 2. The van der Waals surface area contributed by atoms with E-state index in [1.165, 1.54) is 18.2 Å². The molecule has 0 radical (unpaired) electrons. The van der Waals surface area contributed by atoms with Crippen molar-refractivity contribution in [3.63, 3.8) is 0 Å². The van der Waals surface area contributed by atoms with Crippen LogP contribution in [0.4, 0.5) is 17.1 Å². The molecule has 2 aromatic carbocycles. The van der Waals surface area contributed by atoms with Crippen molar-refractivity contribution in [2.45, 2.75) is 25.4 Å². The molecule has 2 aliphatic rings. The maximum atomic E-state index is 13.0. The van der Waals surface area contributed by atoms with Crippen LogP contribution in [0.2, 0.25) is 5.02 Å². The molecule has 0 saturated carbocycles. The number of hydrogen-bond acceptors (Lipinski definition) is 6. The summed E-state index contributed by atoms with van der Waals surface area (Å²) in [6, 6.07) is 11.3. The van der Waals surface area contributed by atoms with E-state index in [-0.39, 0.29) is 35.4 Å². The number of para-hydroxylation sites is 2. The van der Waals surface area contributed by atoms with Crippen LogP contribution in [0.3, 0.4) is 0 Å². The Morgan fingerprint density at radius 1 is 1.16 bits per heavy atom. The quantitative estimate of drug-likeness (QED) is 0.543. The Hall–Kier alpha value is -3.33. The molecule has 1 fully saturated rings. The SMILES string of the molecule is O=C(CN1C[C@H](C(=O)N2CCCCC2)Oc2ccccc21)Nc1ccc(Cl)cc1[N+](=O)[O-]. The van der Waals surface area contributed by atoms with Gasteiger partial charge in [-0.1, -0.05) is 23.7 Å². The first kappa shape index (κ1) is 21.9. The van der Waals surface area contributed by atoms with Gasteiger partial charge in [-0.25, -0.2) is 0 Å². The van der Waals surface area contributed by atoms with E-state index >= 15 is 0 Å². The monoisotopic (exact) mass is 458 g/mol. The number of amides is 2. The minimum Gasteiger partial charge on any atom is -0.477 e. The first-order valence-electron chi connectivity index (χ1n) is 10.5. The normalized spacial score (nSPS) is 17.8. The van der Waals surface area contributed by atoms with E-state index in [2.05, 4.69) is 5.32 Å². The van der Waals surface area contributed by atoms with Crippen molar-refractivity contribution in [3.8, 4) is 5.75 Å². The Balaban J connectivity index is 1.51. The summed E-state index contributed by atoms with van der Waals surface area (Å²) in [7, 11) is 0. The van der Waals surface area contributed by atoms with Crippen LogP contribution in [-0.2, 0) is 9.59 Å². The number of fused-ring (bicyclic) bond motifs is 1. The molecule has 0 bridgehead atoms. The van der Waals surface area contributed by atoms with E-state index < -0.39 is 16.9 Å². The van der Waals surface area contributed by atoms with Crippen molar-refractivity contribution >= 4 is 40.5 Å². The molecule has 1 N–H and O–H groups in total. The number of nitrogens with one attached hydrogen (secondary N) is 1. The first-order valence-corrected chi connectivity index (χ1v) is 10.8. The first-order chi connectivity index (χ1) is 15.4. The largest absolute Gasteiger partial charge is 0.477 e. The van der Waals surface area contributed by atoms with Gasteiger partial charge in [0.25, 0.3) is 11.6 Å². The highest BCUT2D eigenvalue weighted by atomic mass is 35.5. The number of hydrogen-bond donors (Lipinski definition) is 1. The van der Waals surface area contributed by atoms with Crippen molar-refractivity contribution < 1.29 is 19.2 Å². The summed E-state index contributed by atoms with van der Waals surface area (Å²) < 4.78 is 5.97. The van der Waals surface area contributed by atoms with Gasteiger partial charge in [-0.2, -0.15) is 0 Å². The van der Waals surface area contributed by atoms with Gasteiger partial charge in [-0.05, 0) is 43.5 Å². The Kier molecular flexibility index (Phi) is 6.45. The summed E-state index contributed by atoms with van der Waals surface area (Å²) in [5, 5.41) is 14.1. The molecule has 2 aromatic rings. The average Bonchev–Trinajstić information content (AvgIpc) is 2.80. The van der Waals surface area contributed by atoms with Crippen LogP contribution in [-0.4, -0.2) is 53.9 Å². The Morgan fingerprint density at radius 2 is 1.91 bits per heavy atom. The van der Waals surface area contributed by atoms with Gasteiger partial charge >= 0.3 is 0 Å². The minimum atomic E-state index is -0.722. The highest BCUT2D eigenvalue weighted by molar-refractivity contribution is 6.31. The third kappa shape index (κ3) is 4.77. The molecular formula is C22H23ClN4O5. The smallest absolute Gasteiger partial charge is 0.294 e. The van der Waals surface area contributed by atoms with E-state index in [4.69, 9.17) is 16.3 Å². The summed E-state index contributed by atoms with van der Waals surface area (Å²) in [4.78, 5) is 40.1. The minimum absolute atomic E-state index is 0.0619. The molecule has 9 nitrogen and oxygen atoms in total. The van der Waals surface area contributed by atoms with Crippen molar-refractivity contribution in [3.05, 3.63) is 57.6 Å². The van der Waals surface area contributed by atoms with Gasteiger partial charge in [0.05, 0.1) is 23.7 Å². The fourth-order valence-corrected chi connectivity index (χ4v) is 4.19. The van der Waals surface area contributed by atoms with E-state index in [1.807, 2.05) is 23.1 Å². The Morgan fingerprint density at radius 3 is 2.66 bits per heavy atom. The van der Waals surface area contributed by atoms with Crippen LogP contribution in [0.1, 0.15) is 19.3 Å². The highest BCUT2D eigenvalue weighted by Gasteiger charge is 2.34. The third-order valence-electron chi connectivity index (χ3n) is 5.57. The number of ether oxygens (including phenoxy) is 1. The molecule has 1 saturated heterocycles. The zero-order valence-electron chi connectivity index (χ0n) is 17.3. The van der Waals surface area contributed by atoms with Crippen LogP contribution in [0.5, 0.6) is 5.75 Å². The second-order valence-electron chi connectivity index (χ2n) is 7.81. The average molecular weight is 459 g/mol. The number of benzene rings is 2.